The number of rotatable bonds is 4. The lowest BCUT2D eigenvalue weighted by molar-refractivity contribution is 0.221. The Hall–Kier alpha value is -1.72. The summed E-state index contributed by atoms with van der Waals surface area (Å²) in [6.45, 7) is 2.32. The fraction of sp³-hybridized carbons (Fsp3) is 0.500. The molecule has 0 spiro atoms. The maximum absolute atomic E-state index is 5.80. The molecule has 0 saturated heterocycles. The van der Waals surface area contributed by atoms with E-state index >= 15 is 0 Å². The standard InChI is InChI=1S/C16H23N5/c1-12-6-5-7-13(10-12)16(19-17)15-11-18-21(20-15)14-8-3-2-4-9-14/h2-4,8-9,11-13,16,19H,5-7,10,17H2,1H3. The van der Waals surface area contributed by atoms with Gasteiger partial charge in [-0.1, -0.05) is 38.0 Å². The van der Waals surface area contributed by atoms with E-state index in [0.717, 1.165) is 17.3 Å². The predicted octanol–water partition coefficient (Wildman–Crippen LogP) is 2.60. The fourth-order valence-corrected chi connectivity index (χ4v) is 3.35. The van der Waals surface area contributed by atoms with Gasteiger partial charge in [-0.3, -0.25) is 11.3 Å². The van der Waals surface area contributed by atoms with Crippen molar-refractivity contribution in [3.8, 4) is 5.69 Å². The van der Waals surface area contributed by atoms with Crippen molar-refractivity contribution in [2.45, 2.75) is 38.6 Å². The number of benzene rings is 1. The molecule has 0 amide bonds. The molecule has 112 valence electrons. The van der Waals surface area contributed by atoms with E-state index < -0.39 is 0 Å². The molecule has 3 N–H and O–H groups in total. The molecule has 1 saturated carbocycles. The molecule has 3 unspecified atom stereocenters. The van der Waals surface area contributed by atoms with Crippen molar-refractivity contribution in [2.75, 3.05) is 0 Å². The van der Waals surface area contributed by atoms with Crippen LogP contribution in [0, 0.1) is 11.8 Å². The molecule has 3 atom stereocenters. The molecule has 21 heavy (non-hydrogen) atoms. The molecule has 1 heterocycles. The molecule has 0 radical (unpaired) electrons. The Morgan fingerprint density at radius 3 is 2.81 bits per heavy atom. The van der Waals surface area contributed by atoms with Crippen molar-refractivity contribution >= 4 is 0 Å². The van der Waals surface area contributed by atoms with E-state index in [1.54, 1.807) is 4.80 Å². The molecule has 0 aliphatic heterocycles. The van der Waals surface area contributed by atoms with Crippen molar-refractivity contribution in [1.29, 1.82) is 0 Å². The van der Waals surface area contributed by atoms with Gasteiger partial charge in [-0.15, -0.1) is 0 Å². The zero-order chi connectivity index (χ0) is 14.7. The van der Waals surface area contributed by atoms with Crippen LogP contribution in [-0.2, 0) is 0 Å². The van der Waals surface area contributed by atoms with Crippen LogP contribution >= 0.6 is 0 Å². The number of hydrogen-bond donors (Lipinski definition) is 2. The van der Waals surface area contributed by atoms with Crippen molar-refractivity contribution < 1.29 is 0 Å². The molecule has 1 fully saturated rings. The third-order valence-corrected chi connectivity index (χ3v) is 4.44. The predicted molar refractivity (Wildman–Crippen MR) is 82.5 cm³/mol. The lowest BCUT2D eigenvalue weighted by Gasteiger charge is -2.31. The second kappa shape index (κ2) is 6.37. The summed E-state index contributed by atoms with van der Waals surface area (Å²) in [7, 11) is 0. The average molecular weight is 285 g/mol. The topological polar surface area (TPSA) is 68.8 Å². The molecule has 5 heteroatoms. The summed E-state index contributed by atoms with van der Waals surface area (Å²) < 4.78 is 0. The Morgan fingerprint density at radius 1 is 1.29 bits per heavy atom. The second-order valence-corrected chi connectivity index (χ2v) is 6.07. The molecule has 2 aromatic rings. The molecule has 0 bridgehead atoms. The molecule has 1 aliphatic carbocycles. The zero-order valence-corrected chi connectivity index (χ0v) is 12.4. The van der Waals surface area contributed by atoms with Gasteiger partial charge < -0.3 is 0 Å². The van der Waals surface area contributed by atoms with Crippen molar-refractivity contribution in [3.05, 3.63) is 42.2 Å². The van der Waals surface area contributed by atoms with Gasteiger partial charge in [0, 0.05) is 0 Å². The molecular formula is C16H23N5. The highest BCUT2D eigenvalue weighted by Crippen LogP contribution is 2.36. The minimum atomic E-state index is 0.0882. The first-order valence-electron chi connectivity index (χ1n) is 7.71. The number of aromatic nitrogens is 3. The van der Waals surface area contributed by atoms with Gasteiger partial charge in [0.15, 0.2) is 0 Å². The van der Waals surface area contributed by atoms with Crippen LogP contribution in [-0.4, -0.2) is 15.0 Å². The van der Waals surface area contributed by atoms with Gasteiger partial charge in [0.2, 0.25) is 0 Å². The van der Waals surface area contributed by atoms with Crippen molar-refractivity contribution in [3.63, 3.8) is 0 Å². The average Bonchev–Trinajstić information content (AvgIpc) is 2.99. The van der Waals surface area contributed by atoms with Crippen molar-refractivity contribution in [1.82, 2.24) is 20.4 Å². The highest BCUT2D eigenvalue weighted by atomic mass is 15.5. The fourth-order valence-electron chi connectivity index (χ4n) is 3.35. The van der Waals surface area contributed by atoms with E-state index in [1.165, 1.54) is 25.7 Å². The van der Waals surface area contributed by atoms with Crippen LogP contribution in [0.5, 0.6) is 0 Å². The van der Waals surface area contributed by atoms with Gasteiger partial charge in [-0.05, 0) is 36.8 Å². The Balaban J connectivity index is 1.80. The van der Waals surface area contributed by atoms with Crippen molar-refractivity contribution in [2.24, 2.45) is 17.7 Å². The molecule has 1 aromatic heterocycles. The van der Waals surface area contributed by atoms with Crippen LogP contribution < -0.4 is 11.3 Å². The summed E-state index contributed by atoms with van der Waals surface area (Å²) in [5.41, 5.74) is 4.86. The number of hydrazine groups is 1. The van der Waals surface area contributed by atoms with Crippen LogP contribution in [0.15, 0.2) is 36.5 Å². The maximum atomic E-state index is 5.80. The maximum Gasteiger partial charge on any atom is 0.102 e. The lowest BCUT2D eigenvalue weighted by Crippen LogP contribution is -2.36. The van der Waals surface area contributed by atoms with E-state index in [9.17, 15) is 0 Å². The van der Waals surface area contributed by atoms with E-state index in [1.807, 2.05) is 36.5 Å². The minimum absolute atomic E-state index is 0.0882. The van der Waals surface area contributed by atoms with E-state index in [2.05, 4.69) is 22.5 Å². The van der Waals surface area contributed by atoms with Crippen LogP contribution in [0.4, 0.5) is 0 Å². The van der Waals surface area contributed by atoms with E-state index in [4.69, 9.17) is 5.84 Å². The Bertz CT molecular complexity index is 565. The van der Waals surface area contributed by atoms with Crippen LogP contribution in [0.2, 0.25) is 0 Å². The zero-order valence-electron chi connectivity index (χ0n) is 12.4. The van der Waals surface area contributed by atoms with E-state index in [0.29, 0.717) is 5.92 Å². The Labute approximate surface area is 125 Å². The minimum Gasteiger partial charge on any atom is -0.271 e. The molecular weight excluding hydrogens is 262 g/mol. The second-order valence-electron chi connectivity index (χ2n) is 6.07. The van der Waals surface area contributed by atoms with Crippen LogP contribution in [0.1, 0.15) is 44.3 Å². The number of nitrogens with zero attached hydrogens (tertiary/aromatic N) is 3. The van der Waals surface area contributed by atoms with Gasteiger partial charge in [0.25, 0.3) is 0 Å². The van der Waals surface area contributed by atoms with Gasteiger partial charge >= 0.3 is 0 Å². The third-order valence-electron chi connectivity index (χ3n) is 4.44. The molecule has 5 nitrogen and oxygen atoms in total. The van der Waals surface area contributed by atoms with Gasteiger partial charge in [-0.25, -0.2) is 0 Å². The summed E-state index contributed by atoms with van der Waals surface area (Å²) in [4.78, 5) is 1.67. The lowest BCUT2D eigenvalue weighted by atomic mass is 9.78. The largest absolute Gasteiger partial charge is 0.271 e. The summed E-state index contributed by atoms with van der Waals surface area (Å²) in [6, 6.07) is 10.0. The first-order valence-corrected chi connectivity index (χ1v) is 7.71. The van der Waals surface area contributed by atoms with Gasteiger partial charge in [-0.2, -0.15) is 15.0 Å². The first kappa shape index (κ1) is 14.2. The summed E-state index contributed by atoms with van der Waals surface area (Å²) in [5.74, 6) is 7.11. The normalized spacial score (nSPS) is 23.9. The molecule has 1 aliphatic rings. The number of nitrogens with two attached hydrogens (primary N) is 1. The quantitative estimate of drug-likeness (QED) is 0.669. The summed E-state index contributed by atoms with van der Waals surface area (Å²) in [6.07, 6.45) is 6.84. The number of nitrogens with one attached hydrogen (secondary N) is 1. The third kappa shape index (κ3) is 3.14. The highest BCUT2D eigenvalue weighted by Gasteiger charge is 2.29. The van der Waals surface area contributed by atoms with Crippen LogP contribution in [0.3, 0.4) is 0 Å². The Kier molecular flexibility index (Phi) is 4.31. The number of para-hydroxylation sites is 1. The summed E-state index contributed by atoms with van der Waals surface area (Å²) >= 11 is 0. The molecule has 1 aromatic carbocycles. The highest BCUT2D eigenvalue weighted by molar-refractivity contribution is 5.28. The number of hydrogen-bond acceptors (Lipinski definition) is 4. The first-order chi connectivity index (χ1) is 10.3. The van der Waals surface area contributed by atoms with Gasteiger partial charge in [0.05, 0.1) is 17.9 Å². The Morgan fingerprint density at radius 2 is 2.10 bits per heavy atom. The van der Waals surface area contributed by atoms with Crippen LogP contribution in [0.25, 0.3) is 5.69 Å². The monoisotopic (exact) mass is 285 g/mol. The van der Waals surface area contributed by atoms with Gasteiger partial charge in [0.1, 0.15) is 5.69 Å². The SMILES string of the molecule is CC1CCCC(C(NN)c2cnn(-c3ccccc3)n2)C1. The molecule has 3 rings (SSSR count). The summed E-state index contributed by atoms with van der Waals surface area (Å²) in [5, 5.41) is 8.99. The smallest absolute Gasteiger partial charge is 0.102 e. The van der Waals surface area contributed by atoms with E-state index in [-0.39, 0.29) is 6.04 Å².